The summed E-state index contributed by atoms with van der Waals surface area (Å²) in [5, 5.41) is 2.72. The van der Waals surface area contributed by atoms with E-state index >= 15 is 0 Å². The molecule has 2 aromatic carbocycles. The molecule has 2 rings (SSSR count). The number of aryl methyl sites for hydroxylation is 2. The minimum Gasteiger partial charge on any atom is -0.496 e. The molecule has 0 aliphatic heterocycles. The highest BCUT2D eigenvalue weighted by atomic mass is 79.9. The lowest BCUT2D eigenvalue weighted by Gasteiger charge is -2.11. The summed E-state index contributed by atoms with van der Waals surface area (Å²) < 4.78 is 11.8. The second-order valence-electron chi connectivity index (χ2n) is 5.62. The fourth-order valence-electron chi connectivity index (χ4n) is 2.36. The first-order chi connectivity index (χ1) is 12.4. The summed E-state index contributed by atoms with van der Waals surface area (Å²) in [6.07, 6.45) is 0.658. The van der Waals surface area contributed by atoms with E-state index in [1.54, 1.807) is 7.11 Å². The van der Waals surface area contributed by atoms with E-state index < -0.39 is 11.9 Å². The van der Waals surface area contributed by atoms with Crippen molar-refractivity contribution in [2.45, 2.75) is 19.8 Å². The Labute approximate surface area is 169 Å². The van der Waals surface area contributed by atoms with E-state index in [1.165, 1.54) is 0 Å². The molecule has 0 aliphatic carbocycles. The summed E-state index contributed by atoms with van der Waals surface area (Å²) in [5.74, 6) is -0.110. The molecule has 0 spiro atoms. The molecule has 1 amide bonds. The minimum atomic E-state index is -0.437. The van der Waals surface area contributed by atoms with Crippen molar-refractivity contribution in [3.63, 3.8) is 0 Å². The number of carbonyl (C=O) groups excluding carboxylic acids is 2. The summed E-state index contributed by atoms with van der Waals surface area (Å²) in [4.78, 5) is 23.9. The van der Waals surface area contributed by atoms with E-state index in [0.717, 1.165) is 25.8 Å². The van der Waals surface area contributed by atoms with Crippen molar-refractivity contribution in [3.8, 4) is 5.75 Å². The molecule has 0 radical (unpaired) electrons. The van der Waals surface area contributed by atoms with Crippen molar-refractivity contribution >= 4 is 49.4 Å². The normalized spacial score (nSPS) is 10.3. The van der Waals surface area contributed by atoms with Crippen LogP contribution in [0.4, 0.5) is 5.69 Å². The Hall–Kier alpha value is -1.86. The summed E-state index contributed by atoms with van der Waals surface area (Å²) in [6, 6.07) is 11.3. The lowest BCUT2D eigenvalue weighted by atomic mass is 10.1. The number of hydrogen-bond donors (Lipinski definition) is 1. The maximum atomic E-state index is 12.0. The zero-order valence-corrected chi connectivity index (χ0v) is 17.6. The zero-order valence-electron chi connectivity index (χ0n) is 14.5. The molecule has 0 saturated heterocycles. The molecule has 1 N–H and O–H groups in total. The molecule has 26 heavy (non-hydrogen) atoms. The highest BCUT2D eigenvalue weighted by Crippen LogP contribution is 2.32. The van der Waals surface area contributed by atoms with Crippen LogP contribution >= 0.6 is 31.9 Å². The van der Waals surface area contributed by atoms with Crippen molar-refractivity contribution in [2.75, 3.05) is 19.0 Å². The fourth-order valence-corrected chi connectivity index (χ4v) is 3.97. The number of carbonyl (C=O) groups is 2. The first kappa shape index (κ1) is 20.5. The first-order valence-corrected chi connectivity index (χ1v) is 9.52. The van der Waals surface area contributed by atoms with Crippen LogP contribution in [0.2, 0.25) is 0 Å². The lowest BCUT2D eigenvalue weighted by molar-refractivity contribution is -0.147. The topological polar surface area (TPSA) is 64.6 Å². The molecule has 0 saturated carbocycles. The summed E-state index contributed by atoms with van der Waals surface area (Å²) in [5.41, 5.74) is 2.57. The van der Waals surface area contributed by atoms with Crippen LogP contribution in [0, 0.1) is 6.92 Å². The maximum absolute atomic E-state index is 12.0. The highest BCUT2D eigenvalue weighted by Gasteiger charge is 2.13. The van der Waals surface area contributed by atoms with Crippen LogP contribution < -0.4 is 10.1 Å². The number of halogens is 2. The van der Waals surface area contributed by atoms with Gasteiger partial charge >= 0.3 is 5.97 Å². The first-order valence-electron chi connectivity index (χ1n) is 7.93. The highest BCUT2D eigenvalue weighted by molar-refractivity contribution is 9.11. The van der Waals surface area contributed by atoms with Gasteiger partial charge in [-0.25, -0.2) is 0 Å². The van der Waals surface area contributed by atoms with Crippen LogP contribution in [0.15, 0.2) is 45.3 Å². The standard InChI is InChI=1S/C19H19Br2NO4/c1-12-9-14(20)19(15(21)10-12)22-17(23)11-26-18(24)8-7-13-5-3-4-6-16(13)25-2/h3-6,9-10H,7-8,11H2,1-2H3,(H,22,23). The number of hydrogen-bond acceptors (Lipinski definition) is 4. The Bertz CT molecular complexity index is 785. The van der Waals surface area contributed by atoms with Crippen LogP contribution in [0.3, 0.4) is 0 Å². The van der Waals surface area contributed by atoms with E-state index in [-0.39, 0.29) is 13.0 Å². The Balaban J connectivity index is 1.83. The van der Waals surface area contributed by atoms with Gasteiger partial charge in [-0.3, -0.25) is 9.59 Å². The SMILES string of the molecule is COc1ccccc1CCC(=O)OCC(=O)Nc1c(Br)cc(C)cc1Br. The predicted octanol–water partition coefficient (Wildman–Crippen LogP) is 4.64. The van der Waals surface area contributed by atoms with Crippen molar-refractivity contribution in [2.24, 2.45) is 0 Å². The van der Waals surface area contributed by atoms with Gasteiger partial charge in [0.15, 0.2) is 6.61 Å². The molecule has 0 atom stereocenters. The molecule has 2 aromatic rings. The number of amides is 1. The van der Waals surface area contributed by atoms with Crippen LogP contribution in [-0.4, -0.2) is 25.6 Å². The molecule has 0 fully saturated rings. The van der Waals surface area contributed by atoms with Crippen molar-refractivity contribution in [1.82, 2.24) is 0 Å². The number of ether oxygens (including phenoxy) is 2. The zero-order chi connectivity index (χ0) is 19.1. The van der Waals surface area contributed by atoms with Gasteiger partial charge in [0.05, 0.1) is 12.8 Å². The average molecular weight is 485 g/mol. The van der Waals surface area contributed by atoms with Crippen LogP contribution in [0.25, 0.3) is 0 Å². The minimum absolute atomic E-state index is 0.172. The van der Waals surface area contributed by atoms with Gasteiger partial charge in [0.1, 0.15) is 5.75 Å². The number of nitrogens with one attached hydrogen (secondary N) is 1. The Morgan fingerprint density at radius 1 is 1.12 bits per heavy atom. The lowest BCUT2D eigenvalue weighted by Crippen LogP contribution is -2.21. The maximum Gasteiger partial charge on any atom is 0.306 e. The molecule has 7 heteroatoms. The number of benzene rings is 2. The predicted molar refractivity (Wildman–Crippen MR) is 107 cm³/mol. The summed E-state index contributed by atoms with van der Waals surface area (Å²) >= 11 is 6.81. The smallest absolute Gasteiger partial charge is 0.306 e. The van der Waals surface area contributed by atoms with Crippen LogP contribution in [-0.2, 0) is 20.7 Å². The third-order valence-electron chi connectivity index (χ3n) is 3.61. The third-order valence-corrected chi connectivity index (χ3v) is 4.86. The number of esters is 1. The number of para-hydroxylation sites is 1. The summed E-state index contributed by atoms with van der Waals surface area (Å²) in [7, 11) is 1.59. The molecule has 0 aliphatic rings. The molecule has 0 bridgehead atoms. The van der Waals surface area contributed by atoms with Gasteiger partial charge < -0.3 is 14.8 Å². The van der Waals surface area contributed by atoms with E-state index in [4.69, 9.17) is 9.47 Å². The average Bonchev–Trinajstić information content (AvgIpc) is 2.61. The third kappa shape index (κ3) is 5.85. The van der Waals surface area contributed by atoms with Gasteiger partial charge in [-0.15, -0.1) is 0 Å². The summed E-state index contributed by atoms with van der Waals surface area (Å²) in [6.45, 7) is 1.61. The van der Waals surface area contributed by atoms with Crippen LogP contribution in [0.1, 0.15) is 17.5 Å². The Kier molecular flexibility index (Phi) is 7.66. The van der Waals surface area contributed by atoms with Gasteiger partial charge in [0.25, 0.3) is 5.91 Å². The monoisotopic (exact) mass is 483 g/mol. The second-order valence-corrected chi connectivity index (χ2v) is 7.33. The Morgan fingerprint density at radius 3 is 2.42 bits per heavy atom. The van der Waals surface area contributed by atoms with Gasteiger partial charge in [-0.05, 0) is 74.5 Å². The van der Waals surface area contributed by atoms with E-state index in [9.17, 15) is 9.59 Å². The quantitative estimate of drug-likeness (QED) is 0.581. The molecular weight excluding hydrogens is 466 g/mol. The van der Waals surface area contributed by atoms with Gasteiger partial charge in [0.2, 0.25) is 0 Å². The van der Waals surface area contributed by atoms with Crippen LogP contribution in [0.5, 0.6) is 5.75 Å². The van der Waals surface area contributed by atoms with Gasteiger partial charge in [-0.1, -0.05) is 18.2 Å². The largest absolute Gasteiger partial charge is 0.496 e. The molecule has 0 heterocycles. The van der Waals surface area contributed by atoms with Gasteiger partial charge in [-0.2, -0.15) is 0 Å². The van der Waals surface area contributed by atoms with E-state index in [0.29, 0.717) is 12.1 Å². The molecule has 0 aromatic heterocycles. The number of rotatable bonds is 7. The fraction of sp³-hybridized carbons (Fsp3) is 0.263. The molecule has 0 unspecified atom stereocenters. The second kappa shape index (κ2) is 9.73. The number of methoxy groups -OCH3 is 1. The van der Waals surface area contributed by atoms with E-state index in [1.807, 2.05) is 43.3 Å². The molecule has 5 nitrogen and oxygen atoms in total. The van der Waals surface area contributed by atoms with Crippen molar-refractivity contribution in [3.05, 3.63) is 56.5 Å². The Morgan fingerprint density at radius 2 is 1.77 bits per heavy atom. The molecular formula is C19H19Br2NO4. The van der Waals surface area contributed by atoms with Gasteiger partial charge in [0, 0.05) is 15.4 Å². The number of anilines is 1. The van der Waals surface area contributed by atoms with E-state index in [2.05, 4.69) is 37.2 Å². The molecule has 138 valence electrons. The van der Waals surface area contributed by atoms with Crippen molar-refractivity contribution in [1.29, 1.82) is 0 Å². The van der Waals surface area contributed by atoms with Crippen molar-refractivity contribution < 1.29 is 19.1 Å².